The summed E-state index contributed by atoms with van der Waals surface area (Å²) in [7, 11) is 0. The number of amides is 2. The molecule has 1 saturated heterocycles. The molecular formula is C14H17FN2O3. The van der Waals surface area contributed by atoms with E-state index >= 15 is 0 Å². The van der Waals surface area contributed by atoms with Crippen LogP contribution in [0.4, 0.5) is 9.18 Å². The molecule has 1 aliphatic heterocycles. The van der Waals surface area contributed by atoms with Gasteiger partial charge in [-0.15, -0.1) is 0 Å². The van der Waals surface area contributed by atoms with Gasteiger partial charge in [-0.25, -0.2) is 9.18 Å². The number of benzene rings is 1. The normalized spacial score (nSPS) is 18.1. The third-order valence-electron chi connectivity index (χ3n) is 3.38. The molecule has 1 fully saturated rings. The van der Waals surface area contributed by atoms with E-state index in [1.807, 2.05) is 0 Å². The molecule has 0 aromatic heterocycles. The Morgan fingerprint density at radius 1 is 1.35 bits per heavy atom. The molecule has 1 heterocycles. The Morgan fingerprint density at radius 2 is 2.05 bits per heavy atom. The number of carbonyl (C=O) groups is 2. The number of nitrogens with zero attached hydrogens (tertiary/aromatic N) is 1. The van der Waals surface area contributed by atoms with E-state index in [9.17, 15) is 14.0 Å². The summed E-state index contributed by atoms with van der Waals surface area (Å²) in [6.45, 7) is 0.738. The number of carboxylic acids is 1. The molecule has 108 valence electrons. The molecule has 1 aromatic carbocycles. The molecule has 1 atom stereocenters. The van der Waals surface area contributed by atoms with Gasteiger partial charge >= 0.3 is 12.0 Å². The SMILES string of the molecule is O=C(O)CCNC(=O)N1CCCC1c1ccc(F)cc1. The molecule has 2 amide bonds. The van der Waals surface area contributed by atoms with Crippen molar-refractivity contribution in [2.24, 2.45) is 0 Å². The molecule has 0 saturated carbocycles. The zero-order chi connectivity index (χ0) is 14.5. The Labute approximate surface area is 116 Å². The van der Waals surface area contributed by atoms with Crippen molar-refractivity contribution in [3.05, 3.63) is 35.6 Å². The number of likely N-dealkylation sites (tertiary alicyclic amines) is 1. The van der Waals surface area contributed by atoms with Gasteiger partial charge in [-0.3, -0.25) is 4.79 Å². The standard InChI is InChI=1S/C14H17FN2O3/c15-11-5-3-10(4-6-11)12-2-1-9-17(12)14(20)16-8-7-13(18)19/h3-6,12H,1-2,7-9H2,(H,16,20)(H,18,19). The van der Waals surface area contributed by atoms with Crippen LogP contribution in [0.2, 0.25) is 0 Å². The van der Waals surface area contributed by atoms with Gasteiger partial charge in [-0.2, -0.15) is 0 Å². The fourth-order valence-electron chi connectivity index (χ4n) is 2.42. The predicted octanol–water partition coefficient (Wildman–Crippen LogP) is 2.15. The number of nitrogens with one attached hydrogen (secondary N) is 1. The first-order chi connectivity index (χ1) is 9.58. The summed E-state index contributed by atoms with van der Waals surface area (Å²) in [5, 5.41) is 11.1. The summed E-state index contributed by atoms with van der Waals surface area (Å²) >= 11 is 0. The second-order valence-electron chi connectivity index (χ2n) is 4.78. The van der Waals surface area contributed by atoms with Gasteiger partial charge in [0.1, 0.15) is 5.82 Å². The van der Waals surface area contributed by atoms with E-state index in [-0.39, 0.29) is 30.9 Å². The summed E-state index contributed by atoms with van der Waals surface area (Å²) < 4.78 is 12.9. The van der Waals surface area contributed by atoms with Crippen molar-refractivity contribution in [2.75, 3.05) is 13.1 Å². The number of carbonyl (C=O) groups excluding carboxylic acids is 1. The number of carboxylic acid groups (broad SMARTS) is 1. The molecule has 0 spiro atoms. The zero-order valence-electron chi connectivity index (χ0n) is 11.0. The zero-order valence-corrected chi connectivity index (χ0v) is 11.0. The molecular weight excluding hydrogens is 263 g/mol. The van der Waals surface area contributed by atoms with Crippen molar-refractivity contribution < 1.29 is 19.1 Å². The van der Waals surface area contributed by atoms with Crippen LogP contribution in [0, 0.1) is 5.82 Å². The monoisotopic (exact) mass is 280 g/mol. The minimum absolute atomic E-state index is 0.0690. The molecule has 20 heavy (non-hydrogen) atoms. The average Bonchev–Trinajstić information content (AvgIpc) is 2.88. The maximum atomic E-state index is 12.9. The number of urea groups is 1. The fourth-order valence-corrected chi connectivity index (χ4v) is 2.42. The number of rotatable bonds is 4. The predicted molar refractivity (Wildman–Crippen MR) is 70.7 cm³/mol. The summed E-state index contributed by atoms with van der Waals surface area (Å²) in [6, 6.07) is 5.80. The Morgan fingerprint density at radius 3 is 2.70 bits per heavy atom. The van der Waals surface area contributed by atoms with E-state index < -0.39 is 5.97 Å². The maximum absolute atomic E-state index is 12.9. The van der Waals surface area contributed by atoms with Crippen LogP contribution in [0.1, 0.15) is 30.9 Å². The Bertz CT molecular complexity index is 490. The van der Waals surface area contributed by atoms with Crippen LogP contribution in [-0.4, -0.2) is 35.1 Å². The van der Waals surface area contributed by atoms with Crippen molar-refractivity contribution in [1.29, 1.82) is 0 Å². The molecule has 0 bridgehead atoms. The third kappa shape index (κ3) is 3.46. The molecule has 1 aromatic rings. The Hall–Kier alpha value is -2.11. The molecule has 2 rings (SSSR count). The molecule has 0 radical (unpaired) electrons. The Kier molecular flexibility index (Phi) is 4.55. The van der Waals surface area contributed by atoms with Crippen molar-refractivity contribution in [2.45, 2.75) is 25.3 Å². The van der Waals surface area contributed by atoms with Gasteiger partial charge < -0.3 is 15.3 Å². The quantitative estimate of drug-likeness (QED) is 0.887. The van der Waals surface area contributed by atoms with Gasteiger partial charge in [-0.1, -0.05) is 12.1 Å². The topological polar surface area (TPSA) is 69.6 Å². The second kappa shape index (κ2) is 6.36. The van der Waals surface area contributed by atoms with Crippen molar-refractivity contribution in [3.63, 3.8) is 0 Å². The van der Waals surface area contributed by atoms with Gasteiger partial charge in [0.05, 0.1) is 12.5 Å². The largest absolute Gasteiger partial charge is 0.481 e. The van der Waals surface area contributed by atoms with Crippen LogP contribution < -0.4 is 5.32 Å². The van der Waals surface area contributed by atoms with Gasteiger partial charge in [0.15, 0.2) is 0 Å². The lowest BCUT2D eigenvalue weighted by Gasteiger charge is -2.25. The van der Waals surface area contributed by atoms with Crippen LogP contribution in [0.15, 0.2) is 24.3 Å². The number of hydrogen-bond donors (Lipinski definition) is 2. The smallest absolute Gasteiger partial charge is 0.317 e. The highest BCUT2D eigenvalue weighted by Crippen LogP contribution is 2.31. The van der Waals surface area contributed by atoms with Crippen molar-refractivity contribution >= 4 is 12.0 Å². The first-order valence-corrected chi connectivity index (χ1v) is 6.59. The van der Waals surface area contributed by atoms with Gasteiger partial charge in [0.25, 0.3) is 0 Å². The van der Waals surface area contributed by atoms with Crippen molar-refractivity contribution in [3.8, 4) is 0 Å². The lowest BCUT2D eigenvalue weighted by atomic mass is 10.0. The van der Waals surface area contributed by atoms with Crippen LogP contribution in [0.25, 0.3) is 0 Å². The summed E-state index contributed by atoms with van der Waals surface area (Å²) in [4.78, 5) is 24.1. The van der Waals surface area contributed by atoms with Crippen LogP contribution >= 0.6 is 0 Å². The number of hydrogen-bond acceptors (Lipinski definition) is 2. The van der Waals surface area contributed by atoms with Gasteiger partial charge in [-0.05, 0) is 30.5 Å². The first-order valence-electron chi connectivity index (χ1n) is 6.59. The minimum Gasteiger partial charge on any atom is -0.481 e. The van der Waals surface area contributed by atoms with E-state index in [0.29, 0.717) is 6.54 Å². The molecule has 6 heteroatoms. The lowest BCUT2D eigenvalue weighted by molar-refractivity contribution is -0.136. The highest BCUT2D eigenvalue weighted by atomic mass is 19.1. The molecule has 5 nitrogen and oxygen atoms in total. The fraction of sp³-hybridized carbons (Fsp3) is 0.429. The summed E-state index contributed by atoms with van der Waals surface area (Å²) in [5.41, 5.74) is 0.900. The van der Waals surface area contributed by atoms with E-state index in [4.69, 9.17) is 5.11 Å². The number of halogens is 1. The second-order valence-corrected chi connectivity index (χ2v) is 4.78. The van der Waals surface area contributed by atoms with E-state index in [2.05, 4.69) is 5.32 Å². The molecule has 1 aliphatic rings. The Balaban J connectivity index is 1.98. The molecule has 1 unspecified atom stereocenters. The minimum atomic E-state index is -0.943. The van der Waals surface area contributed by atoms with Crippen LogP contribution in [0.3, 0.4) is 0 Å². The van der Waals surface area contributed by atoms with Crippen LogP contribution in [-0.2, 0) is 4.79 Å². The van der Waals surface area contributed by atoms with Crippen LogP contribution in [0.5, 0.6) is 0 Å². The number of aliphatic carboxylic acids is 1. The molecule has 2 N–H and O–H groups in total. The summed E-state index contributed by atoms with van der Waals surface area (Å²) in [6.07, 6.45) is 1.62. The maximum Gasteiger partial charge on any atom is 0.317 e. The van der Waals surface area contributed by atoms with Crippen molar-refractivity contribution in [1.82, 2.24) is 10.2 Å². The first kappa shape index (κ1) is 14.3. The van der Waals surface area contributed by atoms with E-state index in [1.165, 1.54) is 12.1 Å². The summed E-state index contributed by atoms with van der Waals surface area (Å²) in [5.74, 6) is -1.24. The lowest BCUT2D eigenvalue weighted by Crippen LogP contribution is -2.40. The van der Waals surface area contributed by atoms with E-state index in [1.54, 1.807) is 17.0 Å². The third-order valence-corrected chi connectivity index (χ3v) is 3.38. The highest BCUT2D eigenvalue weighted by molar-refractivity contribution is 5.76. The van der Waals surface area contributed by atoms with E-state index in [0.717, 1.165) is 18.4 Å². The van der Waals surface area contributed by atoms with Gasteiger partial charge in [0.2, 0.25) is 0 Å². The highest BCUT2D eigenvalue weighted by Gasteiger charge is 2.29. The molecule has 0 aliphatic carbocycles. The van der Waals surface area contributed by atoms with Gasteiger partial charge in [0, 0.05) is 13.1 Å². The average molecular weight is 280 g/mol.